The minimum Gasteiger partial charge on any atom is -0.396 e. The summed E-state index contributed by atoms with van der Waals surface area (Å²) in [6.45, 7) is -0.151. The van der Waals surface area contributed by atoms with Gasteiger partial charge in [0.2, 0.25) is 0 Å². The Bertz CT molecular complexity index is 368. The van der Waals surface area contributed by atoms with Gasteiger partial charge in [0.05, 0.1) is 10.6 Å². The molecule has 1 rings (SSSR count). The first-order valence-electron chi connectivity index (χ1n) is 3.95. The quantitative estimate of drug-likeness (QED) is 0.797. The van der Waals surface area contributed by atoms with E-state index in [1.165, 1.54) is 6.07 Å². The molecule has 0 aliphatic rings. The normalized spacial score (nSPS) is 10.2. The minimum absolute atomic E-state index is 0.0549. The number of carbonyl (C=O) groups is 1. The van der Waals surface area contributed by atoms with Gasteiger partial charge in [0, 0.05) is 6.61 Å². The van der Waals surface area contributed by atoms with Crippen molar-refractivity contribution in [2.45, 2.75) is 6.42 Å². The molecule has 0 bridgehead atoms. The zero-order chi connectivity index (χ0) is 10.7. The maximum Gasteiger partial charge on any atom is 0.250 e. The fourth-order valence-corrected chi connectivity index (χ4v) is 1.46. The highest BCUT2D eigenvalue weighted by atomic mass is 35.5. The smallest absolute Gasteiger partial charge is 0.250 e. The summed E-state index contributed by atoms with van der Waals surface area (Å²) in [7, 11) is 0. The van der Waals surface area contributed by atoms with E-state index >= 15 is 0 Å². The lowest BCUT2D eigenvalue weighted by molar-refractivity contribution is 0.0999. The number of aliphatic hydroxyl groups excluding tert-OH is 1. The molecule has 1 aromatic carbocycles. The molecule has 0 aliphatic heterocycles. The Morgan fingerprint density at radius 2 is 2.21 bits per heavy atom. The van der Waals surface area contributed by atoms with Crippen molar-refractivity contribution in [3.05, 3.63) is 34.1 Å². The van der Waals surface area contributed by atoms with E-state index in [1.807, 2.05) is 0 Å². The van der Waals surface area contributed by atoms with Crippen LogP contribution in [0.2, 0.25) is 5.02 Å². The third-order valence-electron chi connectivity index (χ3n) is 1.81. The zero-order valence-electron chi connectivity index (χ0n) is 7.26. The molecular formula is C9H9ClFNO2. The van der Waals surface area contributed by atoms with E-state index in [9.17, 15) is 9.18 Å². The van der Waals surface area contributed by atoms with E-state index in [2.05, 4.69) is 0 Å². The largest absolute Gasteiger partial charge is 0.396 e. The average molecular weight is 218 g/mol. The van der Waals surface area contributed by atoms with Gasteiger partial charge in [-0.05, 0) is 18.1 Å². The van der Waals surface area contributed by atoms with Crippen LogP contribution >= 0.6 is 11.6 Å². The van der Waals surface area contributed by atoms with Crippen molar-refractivity contribution >= 4 is 17.5 Å². The van der Waals surface area contributed by atoms with E-state index in [1.54, 1.807) is 0 Å². The molecule has 0 aromatic heterocycles. The molecule has 0 saturated heterocycles. The number of aliphatic hydroxyl groups is 1. The van der Waals surface area contributed by atoms with Gasteiger partial charge in [0.15, 0.2) is 0 Å². The number of hydrogen-bond acceptors (Lipinski definition) is 2. The summed E-state index contributed by atoms with van der Waals surface area (Å²) >= 11 is 5.57. The second-order valence-corrected chi connectivity index (χ2v) is 3.11. The molecule has 1 aromatic rings. The van der Waals surface area contributed by atoms with Gasteiger partial charge in [-0.15, -0.1) is 0 Å². The molecule has 0 spiro atoms. The number of amides is 1. The first-order chi connectivity index (χ1) is 6.57. The van der Waals surface area contributed by atoms with Crippen LogP contribution in [-0.2, 0) is 6.42 Å². The van der Waals surface area contributed by atoms with Crippen LogP contribution < -0.4 is 5.73 Å². The molecule has 0 saturated carbocycles. The molecule has 0 radical (unpaired) electrons. The lowest BCUT2D eigenvalue weighted by Gasteiger charge is -2.07. The Morgan fingerprint density at radius 3 is 2.71 bits per heavy atom. The van der Waals surface area contributed by atoms with Crippen LogP contribution in [0.5, 0.6) is 0 Å². The summed E-state index contributed by atoms with van der Waals surface area (Å²) in [4.78, 5) is 11.0. The maximum atomic E-state index is 13.0. The first-order valence-corrected chi connectivity index (χ1v) is 4.33. The highest BCUT2D eigenvalue weighted by molar-refractivity contribution is 6.34. The van der Waals surface area contributed by atoms with Gasteiger partial charge < -0.3 is 10.8 Å². The number of rotatable bonds is 3. The standard InChI is InChI=1S/C9H9ClFNO2/c10-8-6(11)2-1-5(3-4-13)7(8)9(12)14/h1-2,13H,3-4H2,(H2,12,14). The van der Waals surface area contributed by atoms with Crippen molar-refractivity contribution in [1.29, 1.82) is 0 Å². The van der Waals surface area contributed by atoms with Crippen LogP contribution in [0, 0.1) is 5.82 Å². The molecule has 0 atom stereocenters. The highest BCUT2D eigenvalue weighted by Gasteiger charge is 2.15. The molecule has 76 valence electrons. The van der Waals surface area contributed by atoms with E-state index in [4.69, 9.17) is 22.4 Å². The lowest BCUT2D eigenvalue weighted by atomic mass is 10.0. The van der Waals surface area contributed by atoms with Gasteiger partial charge in [-0.2, -0.15) is 0 Å². The van der Waals surface area contributed by atoms with Crippen molar-refractivity contribution in [3.8, 4) is 0 Å². The van der Waals surface area contributed by atoms with E-state index in [-0.39, 0.29) is 23.6 Å². The van der Waals surface area contributed by atoms with Crippen LogP contribution in [0.1, 0.15) is 15.9 Å². The molecule has 14 heavy (non-hydrogen) atoms. The van der Waals surface area contributed by atoms with Gasteiger partial charge >= 0.3 is 0 Å². The second kappa shape index (κ2) is 4.39. The van der Waals surface area contributed by atoms with Crippen LogP contribution in [0.25, 0.3) is 0 Å². The third-order valence-corrected chi connectivity index (χ3v) is 2.18. The number of primary amides is 1. The number of halogens is 2. The zero-order valence-corrected chi connectivity index (χ0v) is 8.01. The molecule has 1 amide bonds. The van der Waals surface area contributed by atoms with Gasteiger partial charge in [-0.1, -0.05) is 17.7 Å². The predicted molar refractivity (Wildman–Crippen MR) is 50.7 cm³/mol. The van der Waals surface area contributed by atoms with Crippen LogP contribution in [-0.4, -0.2) is 17.6 Å². The Kier molecular flexibility index (Phi) is 3.43. The Labute approximate surface area is 85.3 Å². The molecule has 0 unspecified atom stereocenters. The number of nitrogens with two attached hydrogens (primary N) is 1. The van der Waals surface area contributed by atoms with E-state index in [0.717, 1.165) is 6.07 Å². The lowest BCUT2D eigenvalue weighted by Crippen LogP contribution is -2.15. The van der Waals surface area contributed by atoms with Gasteiger partial charge in [0.25, 0.3) is 5.91 Å². The van der Waals surface area contributed by atoms with Crippen molar-refractivity contribution in [2.75, 3.05) is 6.61 Å². The molecule has 3 N–H and O–H groups in total. The Balaban J connectivity index is 3.30. The Morgan fingerprint density at radius 1 is 1.57 bits per heavy atom. The minimum atomic E-state index is -0.794. The molecule has 0 fully saturated rings. The summed E-state index contributed by atoms with van der Waals surface area (Å²) < 4.78 is 13.0. The van der Waals surface area contributed by atoms with Gasteiger partial charge in [-0.3, -0.25) is 4.79 Å². The monoisotopic (exact) mass is 217 g/mol. The first kappa shape index (κ1) is 10.9. The van der Waals surface area contributed by atoms with E-state index in [0.29, 0.717) is 5.56 Å². The van der Waals surface area contributed by atoms with E-state index < -0.39 is 11.7 Å². The van der Waals surface area contributed by atoms with Crippen LogP contribution in [0.15, 0.2) is 12.1 Å². The SMILES string of the molecule is NC(=O)c1c(CCO)ccc(F)c1Cl. The predicted octanol–water partition coefficient (Wildman–Crippen LogP) is 1.11. The molecule has 5 heteroatoms. The Hall–Kier alpha value is -1.13. The topological polar surface area (TPSA) is 63.3 Å². The second-order valence-electron chi connectivity index (χ2n) is 2.73. The molecule has 0 aliphatic carbocycles. The summed E-state index contributed by atoms with van der Waals surface area (Å²) in [6.07, 6.45) is 0.221. The maximum absolute atomic E-state index is 13.0. The van der Waals surface area contributed by atoms with Crippen LogP contribution in [0.4, 0.5) is 4.39 Å². The van der Waals surface area contributed by atoms with Gasteiger partial charge in [-0.25, -0.2) is 4.39 Å². The number of hydrogen-bond donors (Lipinski definition) is 2. The summed E-state index contributed by atoms with van der Waals surface area (Å²) in [5.41, 5.74) is 5.44. The fraction of sp³-hybridized carbons (Fsp3) is 0.222. The number of carbonyl (C=O) groups excluding carboxylic acids is 1. The van der Waals surface area contributed by atoms with Crippen molar-refractivity contribution < 1.29 is 14.3 Å². The summed E-state index contributed by atoms with van der Waals surface area (Å²) in [5, 5.41) is 8.41. The average Bonchev–Trinajstić information content (AvgIpc) is 2.11. The van der Waals surface area contributed by atoms with Crippen LogP contribution in [0.3, 0.4) is 0 Å². The summed E-state index contributed by atoms with van der Waals surface area (Å²) in [5.74, 6) is -1.49. The van der Waals surface area contributed by atoms with Gasteiger partial charge in [0.1, 0.15) is 5.82 Å². The number of benzene rings is 1. The molecular weight excluding hydrogens is 209 g/mol. The fourth-order valence-electron chi connectivity index (χ4n) is 1.19. The third kappa shape index (κ3) is 2.02. The highest BCUT2D eigenvalue weighted by Crippen LogP contribution is 2.23. The summed E-state index contributed by atoms with van der Waals surface area (Å²) in [6, 6.07) is 2.53. The van der Waals surface area contributed by atoms with Crippen molar-refractivity contribution in [1.82, 2.24) is 0 Å². The molecule has 0 heterocycles. The molecule has 3 nitrogen and oxygen atoms in total. The van der Waals surface area contributed by atoms with Crippen molar-refractivity contribution in [2.24, 2.45) is 5.73 Å². The van der Waals surface area contributed by atoms with Crippen molar-refractivity contribution in [3.63, 3.8) is 0 Å².